The first-order chi connectivity index (χ1) is 12.9. The lowest BCUT2D eigenvalue weighted by Crippen LogP contribution is -2.12. The molecule has 0 unspecified atom stereocenters. The maximum Gasteiger partial charge on any atom is 0.255 e. The molecule has 0 aromatic heterocycles. The Hall–Kier alpha value is -3.86. The summed E-state index contributed by atoms with van der Waals surface area (Å²) in [4.78, 5) is 12.5. The summed E-state index contributed by atoms with van der Waals surface area (Å²) in [7, 11) is 0. The zero-order valence-corrected chi connectivity index (χ0v) is 14.7. The van der Waals surface area contributed by atoms with Crippen LogP contribution in [0, 0.1) is 5.41 Å². The molecule has 0 fully saturated rings. The van der Waals surface area contributed by atoms with Crippen LogP contribution in [0.4, 0.5) is 5.69 Å². The Morgan fingerprint density at radius 2 is 1.37 bits per heavy atom. The van der Waals surface area contributed by atoms with Crippen molar-refractivity contribution in [3.8, 4) is 11.1 Å². The maximum absolute atomic E-state index is 12.5. The first kappa shape index (κ1) is 17.9. The Kier molecular flexibility index (Phi) is 5.04. The van der Waals surface area contributed by atoms with Crippen LogP contribution in [0.15, 0.2) is 79.4 Å². The van der Waals surface area contributed by atoms with E-state index in [0.717, 1.165) is 16.7 Å². The van der Waals surface area contributed by atoms with Gasteiger partial charge in [0.25, 0.3) is 5.91 Å². The summed E-state index contributed by atoms with van der Waals surface area (Å²) in [6.07, 6.45) is 0. The summed E-state index contributed by atoms with van der Waals surface area (Å²) in [5, 5.41) is 10.3. The molecule has 0 aliphatic rings. The number of amidine groups is 1. The lowest BCUT2D eigenvalue weighted by molar-refractivity contribution is 0.102. The van der Waals surface area contributed by atoms with Crippen molar-refractivity contribution in [2.45, 2.75) is 0 Å². The average Bonchev–Trinajstić information content (AvgIpc) is 2.68. The number of nitrogens with two attached hydrogens (primary N) is 2. The molecule has 3 aromatic rings. The van der Waals surface area contributed by atoms with E-state index in [-0.39, 0.29) is 11.7 Å². The molecule has 3 aromatic carbocycles. The molecule has 0 saturated carbocycles. The molecule has 0 aliphatic heterocycles. The van der Waals surface area contributed by atoms with Gasteiger partial charge < -0.3 is 16.8 Å². The van der Waals surface area contributed by atoms with Crippen LogP contribution < -0.4 is 16.8 Å². The summed E-state index contributed by atoms with van der Waals surface area (Å²) in [5.41, 5.74) is 16.2. The molecule has 3 rings (SSSR count). The monoisotopic (exact) mass is 356 g/mol. The van der Waals surface area contributed by atoms with E-state index < -0.39 is 0 Å². The molecule has 0 spiro atoms. The standard InChI is InChI=1S/C22H20N4O/c1-14(23)19-3-2-4-20(13-19)26-22(27)18-11-7-16(8-12-18)15-5-9-17(10-6-15)21(24)25/h2-13H,1,23H2,(H3,24,25)(H,26,27). The van der Waals surface area contributed by atoms with E-state index in [9.17, 15) is 4.79 Å². The fourth-order valence-electron chi connectivity index (χ4n) is 2.66. The number of hydrogen-bond acceptors (Lipinski definition) is 3. The minimum Gasteiger partial charge on any atom is -0.399 e. The van der Waals surface area contributed by atoms with Gasteiger partial charge in [-0.05, 0) is 41.0 Å². The zero-order valence-electron chi connectivity index (χ0n) is 14.7. The Bertz CT molecular complexity index is 1010. The fraction of sp³-hybridized carbons (Fsp3) is 0. The fourth-order valence-corrected chi connectivity index (χ4v) is 2.66. The number of carbonyl (C=O) groups excluding carboxylic acids is 1. The lowest BCUT2D eigenvalue weighted by atomic mass is 10.0. The van der Waals surface area contributed by atoms with Crippen LogP contribution in [0.5, 0.6) is 0 Å². The molecule has 5 nitrogen and oxygen atoms in total. The van der Waals surface area contributed by atoms with Gasteiger partial charge in [-0.2, -0.15) is 0 Å². The van der Waals surface area contributed by atoms with Gasteiger partial charge in [0.05, 0.1) is 0 Å². The van der Waals surface area contributed by atoms with Gasteiger partial charge in [-0.1, -0.05) is 55.1 Å². The van der Waals surface area contributed by atoms with Crippen LogP contribution in [0.2, 0.25) is 0 Å². The highest BCUT2D eigenvalue weighted by atomic mass is 16.1. The normalized spacial score (nSPS) is 10.2. The highest BCUT2D eigenvalue weighted by Crippen LogP contribution is 2.21. The summed E-state index contributed by atoms with van der Waals surface area (Å²) < 4.78 is 0. The average molecular weight is 356 g/mol. The molecular formula is C22H20N4O. The third-order valence-electron chi connectivity index (χ3n) is 4.17. The van der Waals surface area contributed by atoms with Gasteiger partial charge in [0, 0.05) is 22.5 Å². The van der Waals surface area contributed by atoms with E-state index >= 15 is 0 Å². The van der Waals surface area contributed by atoms with Crippen molar-refractivity contribution in [1.82, 2.24) is 0 Å². The zero-order chi connectivity index (χ0) is 19.4. The van der Waals surface area contributed by atoms with Gasteiger partial charge >= 0.3 is 0 Å². The molecular weight excluding hydrogens is 336 g/mol. The SMILES string of the molecule is C=C(N)c1cccc(NC(=O)c2ccc(-c3ccc(C(=N)N)cc3)cc2)c1. The molecule has 0 heterocycles. The molecule has 134 valence electrons. The van der Waals surface area contributed by atoms with Crippen LogP contribution in [0.3, 0.4) is 0 Å². The van der Waals surface area contributed by atoms with E-state index in [1.165, 1.54) is 0 Å². The number of amides is 1. The lowest BCUT2D eigenvalue weighted by Gasteiger charge is -2.08. The molecule has 0 atom stereocenters. The topological polar surface area (TPSA) is 105 Å². The van der Waals surface area contributed by atoms with Crippen LogP contribution in [0.1, 0.15) is 21.5 Å². The Morgan fingerprint density at radius 1 is 0.815 bits per heavy atom. The number of hydrogen-bond donors (Lipinski definition) is 4. The molecule has 6 N–H and O–H groups in total. The highest BCUT2D eigenvalue weighted by molar-refractivity contribution is 6.04. The predicted molar refractivity (Wildman–Crippen MR) is 111 cm³/mol. The molecule has 27 heavy (non-hydrogen) atoms. The summed E-state index contributed by atoms with van der Waals surface area (Å²) >= 11 is 0. The number of carbonyl (C=O) groups is 1. The molecule has 0 radical (unpaired) electrons. The quantitative estimate of drug-likeness (QED) is 0.412. The smallest absolute Gasteiger partial charge is 0.255 e. The molecule has 0 saturated heterocycles. The van der Waals surface area contributed by atoms with E-state index in [1.807, 2.05) is 36.4 Å². The van der Waals surface area contributed by atoms with Crippen molar-refractivity contribution in [3.05, 3.63) is 96.1 Å². The Balaban J connectivity index is 1.74. The van der Waals surface area contributed by atoms with Gasteiger partial charge in [0.1, 0.15) is 5.84 Å². The minimum atomic E-state index is -0.201. The second-order valence-corrected chi connectivity index (χ2v) is 6.13. The van der Waals surface area contributed by atoms with E-state index in [0.29, 0.717) is 22.5 Å². The van der Waals surface area contributed by atoms with Crippen molar-refractivity contribution in [3.63, 3.8) is 0 Å². The van der Waals surface area contributed by atoms with E-state index in [4.69, 9.17) is 16.9 Å². The van der Waals surface area contributed by atoms with Gasteiger partial charge in [-0.3, -0.25) is 10.2 Å². The third-order valence-corrected chi connectivity index (χ3v) is 4.17. The highest BCUT2D eigenvalue weighted by Gasteiger charge is 2.08. The van der Waals surface area contributed by atoms with Gasteiger partial charge in [0.2, 0.25) is 0 Å². The van der Waals surface area contributed by atoms with E-state index in [1.54, 1.807) is 36.4 Å². The van der Waals surface area contributed by atoms with Crippen LogP contribution in [0.25, 0.3) is 16.8 Å². The summed E-state index contributed by atoms with van der Waals surface area (Å²) in [5.74, 6) is -0.163. The third kappa shape index (κ3) is 4.22. The first-order valence-corrected chi connectivity index (χ1v) is 8.35. The van der Waals surface area contributed by atoms with Crippen molar-refractivity contribution in [2.75, 3.05) is 5.32 Å². The Morgan fingerprint density at radius 3 is 1.89 bits per heavy atom. The second-order valence-electron chi connectivity index (χ2n) is 6.13. The second kappa shape index (κ2) is 7.58. The van der Waals surface area contributed by atoms with Gasteiger partial charge in [-0.15, -0.1) is 0 Å². The van der Waals surface area contributed by atoms with E-state index in [2.05, 4.69) is 11.9 Å². The molecule has 0 bridgehead atoms. The molecule has 1 amide bonds. The minimum absolute atomic E-state index is 0.0378. The Labute approximate surface area is 157 Å². The number of benzene rings is 3. The largest absolute Gasteiger partial charge is 0.399 e. The first-order valence-electron chi connectivity index (χ1n) is 8.35. The predicted octanol–water partition coefficient (Wildman–Crippen LogP) is 3.82. The van der Waals surface area contributed by atoms with Crippen molar-refractivity contribution >= 4 is 23.1 Å². The van der Waals surface area contributed by atoms with Crippen molar-refractivity contribution in [1.29, 1.82) is 5.41 Å². The molecule has 0 aliphatic carbocycles. The van der Waals surface area contributed by atoms with Crippen molar-refractivity contribution in [2.24, 2.45) is 11.5 Å². The van der Waals surface area contributed by atoms with Crippen LogP contribution >= 0.6 is 0 Å². The van der Waals surface area contributed by atoms with Gasteiger partial charge in [0.15, 0.2) is 0 Å². The van der Waals surface area contributed by atoms with Crippen molar-refractivity contribution < 1.29 is 4.79 Å². The maximum atomic E-state index is 12.5. The number of nitrogen functional groups attached to an aromatic ring is 1. The van der Waals surface area contributed by atoms with Crippen LogP contribution in [-0.4, -0.2) is 11.7 Å². The van der Waals surface area contributed by atoms with Crippen LogP contribution in [-0.2, 0) is 0 Å². The molecule has 5 heteroatoms. The summed E-state index contributed by atoms with van der Waals surface area (Å²) in [6, 6.07) is 22.0. The summed E-state index contributed by atoms with van der Waals surface area (Å²) in [6.45, 7) is 3.70. The van der Waals surface area contributed by atoms with Gasteiger partial charge in [-0.25, -0.2) is 0 Å². The number of rotatable bonds is 5. The number of anilines is 1. The number of nitrogens with one attached hydrogen (secondary N) is 2.